The third-order valence-electron chi connectivity index (χ3n) is 3.27. The largest absolute Gasteiger partial charge is 0.463 e. The number of benzene rings is 1. The molecular formula is C14H14ClN3O4S. The number of nitro groups is 1. The average Bonchev–Trinajstić information content (AvgIpc) is 2.46. The van der Waals surface area contributed by atoms with Crippen LogP contribution < -0.4 is 10.6 Å². The Balaban J connectivity index is 2.56. The minimum atomic E-state index is -0.727. The summed E-state index contributed by atoms with van der Waals surface area (Å²) in [5.74, 6) is -0.542. The molecule has 122 valence electrons. The molecule has 9 heteroatoms. The Kier molecular flexibility index (Phi) is 5.17. The number of nitrogens with zero attached hydrogens (tertiary/aromatic N) is 1. The van der Waals surface area contributed by atoms with Gasteiger partial charge in [0.15, 0.2) is 5.11 Å². The van der Waals surface area contributed by atoms with E-state index in [4.69, 9.17) is 28.6 Å². The van der Waals surface area contributed by atoms with Gasteiger partial charge in [-0.05, 0) is 32.1 Å². The number of hydrogen-bond donors (Lipinski definition) is 2. The normalized spacial score (nSPS) is 17.3. The zero-order chi connectivity index (χ0) is 17.1. The molecule has 1 aliphatic rings. The molecule has 1 atom stereocenters. The Morgan fingerprint density at radius 3 is 2.83 bits per heavy atom. The lowest BCUT2D eigenvalue weighted by Crippen LogP contribution is -2.45. The summed E-state index contributed by atoms with van der Waals surface area (Å²) in [6.07, 6.45) is 0. The number of non-ortho nitro benzene ring substituents is 1. The first-order valence-corrected chi connectivity index (χ1v) is 7.53. The van der Waals surface area contributed by atoms with Crippen molar-refractivity contribution in [2.24, 2.45) is 0 Å². The quantitative estimate of drug-likeness (QED) is 0.371. The highest BCUT2D eigenvalue weighted by Crippen LogP contribution is 2.34. The number of esters is 1. The standard InChI is InChI=1S/C14H14ClN3O4S/c1-3-22-13(19)11-7(2)16-14(23)17-12(11)9-6-8(18(20)21)4-5-10(9)15/h4-6,12H,3H2,1-2H3,(H2,16,17,23)/t12-/m0/s1. The Hall–Kier alpha value is -2.19. The third kappa shape index (κ3) is 3.59. The van der Waals surface area contributed by atoms with Crippen molar-refractivity contribution in [3.8, 4) is 0 Å². The van der Waals surface area contributed by atoms with E-state index in [9.17, 15) is 14.9 Å². The molecule has 23 heavy (non-hydrogen) atoms. The van der Waals surface area contributed by atoms with Crippen molar-refractivity contribution in [1.82, 2.24) is 10.6 Å². The average molecular weight is 356 g/mol. The van der Waals surface area contributed by atoms with Crippen molar-refractivity contribution in [2.45, 2.75) is 19.9 Å². The lowest BCUT2D eigenvalue weighted by molar-refractivity contribution is -0.384. The number of allylic oxidation sites excluding steroid dienone is 1. The van der Waals surface area contributed by atoms with E-state index in [2.05, 4.69) is 10.6 Å². The molecule has 0 bridgehead atoms. The van der Waals surface area contributed by atoms with Gasteiger partial charge in [-0.2, -0.15) is 0 Å². The van der Waals surface area contributed by atoms with E-state index in [0.717, 1.165) is 0 Å². The summed E-state index contributed by atoms with van der Waals surface area (Å²) >= 11 is 11.3. The molecule has 0 saturated carbocycles. The van der Waals surface area contributed by atoms with Crippen LogP contribution in [0.1, 0.15) is 25.5 Å². The molecular weight excluding hydrogens is 342 g/mol. The van der Waals surface area contributed by atoms with E-state index >= 15 is 0 Å². The Morgan fingerprint density at radius 1 is 1.52 bits per heavy atom. The number of carbonyl (C=O) groups is 1. The highest BCUT2D eigenvalue weighted by Gasteiger charge is 2.32. The van der Waals surface area contributed by atoms with Gasteiger partial charge in [0.1, 0.15) is 0 Å². The van der Waals surface area contributed by atoms with Gasteiger partial charge in [-0.15, -0.1) is 0 Å². The van der Waals surface area contributed by atoms with Crippen molar-refractivity contribution in [2.75, 3.05) is 6.61 Å². The summed E-state index contributed by atoms with van der Waals surface area (Å²) in [5, 5.41) is 17.3. The van der Waals surface area contributed by atoms with Crippen LogP contribution in [0.15, 0.2) is 29.5 Å². The fourth-order valence-corrected chi connectivity index (χ4v) is 2.77. The van der Waals surface area contributed by atoms with Crippen LogP contribution in [0, 0.1) is 10.1 Å². The summed E-state index contributed by atoms with van der Waals surface area (Å²) in [7, 11) is 0. The maximum Gasteiger partial charge on any atom is 0.338 e. The van der Waals surface area contributed by atoms with Crippen LogP contribution in [0.2, 0.25) is 5.02 Å². The van der Waals surface area contributed by atoms with Gasteiger partial charge in [-0.3, -0.25) is 10.1 Å². The summed E-state index contributed by atoms with van der Waals surface area (Å²) < 4.78 is 5.06. The minimum absolute atomic E-state index is 0.128. The van der Waals surface area contributed by atoms with Gasteiger partial charge in [0.25, 0.3) is 5.69 Å². The Morgan fingerprint density at radius 2 is 2.22 bits per heavy atom. The number of thiocarbonyl (C=S) groups is 1. The molecule has 1 aromatic rings. The molecule has 1 heterocycles. The molecule has 7 nitrogen and oxygen atoms in total. The van der Waals surface area contributed by atoms with E-state index in [1.807, 2.05) is 0 Å². The first-order chi connectivity index (χ1) is 10.8. The number of ether oxygens (including phenoxy) is 1. The summed E-state index contributed by atoms with van der Waals surface area (Å²) in [4.78, 5) is 22.7. The van der Waals surface area contributed by atoms with Gasteiger partial charge in [0.05, 0.1) is 23.1 Å². The first-order valence-electron chi connectivity index (χ1n) is 6.74. The number of halogens is 1. The number of nitro benzene ring substituents is 1. The summed E-state index contributed by atoms with van der Waals surface area (Å²) in [6, 6.07) is 3.31. The number of rotatable bonds is 4. The fraction of sp³-hybridized carbons (Fsp3) is 0.286. The SMILES string of the molecule is CCOC(=O)C1=C(C)NC(=S)N[C@H]1c1cc([N+](=O)[O-])ccc1Cl. The molecule has 0 aromatic heterocycles. The zero-order valence-corrected chi connectivity index (χ0v) is 14.0. The molecule has 0 fully saturated rings. The number of hydrogen-bond acceptors (Lipinski definition) is 5. The molecule has 0 unspecified atom stereocenters. The van der Waals surface area contributed by atoms with Gasteiger partial charge >= 0.3 is 5.97 Å². The maximum atomic E-state index is 12.2. The van der Waals surface area contributed by atoms with Crippen LogP contribution in [0.25, 0.3) is 0 Å². The molecule has 1 aliphatic heterocycles. The second-order valence-electron chi connectivity index (χ2n) is 4.75. The highest BCUT2D eigenvalue weighted by atomic mass is 35.5. The lowest BCUT2D eigenvalue weighted by atomic mass is 9.95. The third-order valence-corrected chi connectivity index (χ3v) is 3.83. The number of nitrogens with one attached hydrogen (secondary N) is 2. The predicted octanol–water partition coefficient (Wildman–Crippen LogP) is 2.60. The van der Waals surface area contributed by atoms with Crippen molar-refractivity contribution < 1.29 is 14.5 Å². The van der Waals surface area contributed by atoms with Gasteiger partial charge in [-0.25, -0.2) is 4.79 Å². The molecule has 2 N–H and O–H groups in total. The van der Waals surface area contributed by atoms with Crippen molar-refractivity contribution >= 4 is 40.6 Å². The predicted molar refractivity (Wildman–Crippen MR) is 89.0 cm³/mol. The smallest absolute Gasteiger partial charge is 0.338 e. The molecule has 1 aromatic carbocycles. The van der Waals surface area contributed by atoms with E-state index in [1.54, 1.807) is 13.8 Å². The van der Waals surface area contributed by atoms with Gasteiger partial charge in [-0.1, -0.05) is 11.6 Å². The van der Waals surface area contributed by atoms with Crippen molar-refractivity contribution in [3.05, 3.63) is 50.2 Å². The topological polar surface area (TPSA) is 93.5 Å². The second kappa shape index (κ2) is 6.93. The van der Waals surface area contributed by atoms with Crippen LogP contribution in [-0.4, -0.2) is 22.6 Å². The first kappa shape index (κ1) is 17.2. The van der Waals surface area contributed by atoms with E-state index in [-0.39, 0.29) is 22.9 Å². The van der Waals surface area contributed by atoms with Gasteiger partial charge in [0.2, 0.25) is 0 Å². The van der Waals surface area contributed by atoms with Crippen LogP contribution >= 0.6 is 23.8 Å². The van der Waals surface area contributed by atoms with Crippen molar-refractivity contribution in [3.63, 3.8) is 0 Å². The molecule has 0 amide bonds. The summed E-state index contributed by atoms with van der Waals surface area (Å²) in [5.41, 5.74) is 1.05. The second-order valence-corrected chi connectivity index (χ2v) is 5.57. The number of carbonyl (C=O) groups excluding carboxylic acids is 1. The van der Waals surface area contributed by atoms with Crippen LogP contribution in [0.4, 0.5) is 5.69 Å². The maximum absolute atomic E-state index is 12.2. The van der Waals surface area contributed by atoms with Crippen molar-refractivity contribution in [1.29, 1.82) is 0 Å². The lowest BCUT2D eigenvalue weighted by Gasteiger charge is -2.30. The zero-order valence-electron chi connectivity index (χ0n) is 12.4. The monoisotopic (exact) mass is 355 g/mol. The van der Waals surface area contributed by atoms with Gasteiger partial charge in [0, 0.05) is 28.4 Å². The van der Waals surface area contributed by atoms with Gasteiger partial charge < -0.3 is 15.4 Å². The highest BCUT2D eigenvalue weighted by molar-refractivity contribution is 7.80. The molecule has 0 aliphatic carbocycles. The van der Waals surface area contributed by atoms with E-state index < -0.39 is 16.9 Å². The fourth-order valence-electron chi connectivity index (χ4n) is 2.27. The Bertz CT molecular complexity index is 720. The molecule has 0 radical (unpaired) electrons. The molecule has 0 spiro atoms. The minimum Gasteiger partial charge on any atom is -0.463 e. The summed E-state index contributed by atoms with van der Waals surface area (Å²) in [6.45, 7) is 3.57. The Labute approximate surface area is 142 Å². The molecule has 0 saturated heterocycles. The van der Waals surface area contributed by atoms with E-state index in [1.165, 1.54) is 18.2 Å². The molecule has 2 rings (SSSR count). The van der Waals surface area contributed by atoms with Crippen LogP contribution in [0.5, 0.6) is 0 Å². The van der Waals surface area contributed by atoms with Crippen LogP contribution in [-0.2, 0) is 9.53 Å². The van der Waals surface area contributed by atoms with E-state index in [0.29, 0.717) is 16.4 Å². The van der Waals surface area contributed by atoms with Crippen LogP contribution in [0.3, 0.4) is 0 Å².